The highest BCUT2D eigenvalue weighted by Crippen LogP contribution is 2.31. The molecule has 0 fully saturated rings. The first-order chi connectivity index (χ1) is 8.72. The van der Waals surface area contributed by atoms with Crippen molar-refractivity contribution in [2.45, 2.75) is 6.92 Å². The fourth-order valence-electron chi connectivity index (χ4n) is 1.78. The molecule has 0 radical (unpaired) electrons. The number of hydrogen-bond acceptors (Lipinski definition) is 3. The minimum absolute atomic E-state index is 0.760. The lowest BCUT2D eigenvalue weighted by Crippen LogP contribution is -1.95. The van der Waals surface area contributed by atoms with E-state index in [-0.39, 0.29) is 0 Å². The maximum atomic E-state index is 5.35. The number of anilines is 2. The Bertz CT molecular complexity index is 538. The maximum Gasteiger partial charge on any atom is 0.145 e. The number of nitrogens with one attached hydrogen (secondary N) is 1. The zero-order chi connectivity index (χ0) is 13.0. The highest BCUT2D eigenvalue weighted by atomic mass is 16.5. The van der Waals surface area contributed by atoms with Crippen LogP contribution in [0.2, 0.25) is 0 Å². The summed E-state index contributed by atoms with van der Waals surface area (Å²) in [6.45, 7) is 2.07. The van der Waals surface area contributed by atoms with E-state index in [9.17, 15) is 0 Å². The van der Waals surface area contributed by atoms with Gasteiger partial charge in [-0.25, -0.2) is 0 Å². The molecule has 0 amide bonds. The van der Waals surface area contributed by atoms with Crippen LogP contribution in [0.15, 0.2) is 42.5 Å². The van der Waals surface area contributed by atoms with Crippen molar-refractivity contribution in [2.24, 2.45) is 0 Å². The molecule has 0 bridgehead atoms. The average Bonchev–Trinajstić information content (AvgIpc) is 2.39. The van der Waals surface area contributed by atoms with Gasteiger partial charge in [0.25, 0.3) is 0 Å². The Kier molecular flexibility index (Phi) is 3.72. The third-order valence-electron chi connectivity index (χ3n) is 2.71. The van der Waals surface area contributed by atoms with Crippen LogP contribution in [0.1, 0.15) is 5.56 Å². The molecule has 1 N–H and O–H groups in total. The molecule has 0 unspecified atom stereocenters. The quantitative estimate of drug-likeness (QED) is 0.887. The predicted octanol–water partition coefficient (Wildman–Crippen LogP) is 3.76. The highest BCUT2D eigenvalue weighted by Gasteiger charge is 2.05. The van der Waals surface area contributed by atoms with E-state index in [0.717, 1.165) is 22.9 Å². The molecule has 0 heterocycles. The van der Waals surface area contributed by atoms with Crippen molar-refractivity contribution in [3.05, 3.63) is 48.0 Å². The molecule has 3 heteroatoms. The first kappa shape index (κ1) is 12.3. The Balaban J connectivity index is 2.28. The predicted molar refractivity (Wildman–Crippen MR) is 74.0 cm³/mol. The van der Waals surface area contributed by atoms with Gasteiger partial charge in [0, 0.05) is 11.8 Å². The smallest absolute Gasteiger partial charge is 0.145 e. The summed E-state index contributed by atoms with van der Waals surface area (Å²) in [6, 6.07) is 13.9. The normalized spacial score (nSPS) is 9.94. The molecular weight excluding hydrogens is 226 g/mol. The molecule has 94 valence electrons. The van der Waals surface area contributed by atoms with Crippen LogP contribution in [0.5, 0.6) is 11.5 Å². The van der Waals surface area contributed by atoms with Gasteiger partial charge in [-0.15, -0.1) is 0 Å². The van der Waals surface area contributed by atoms with Gasteiger partial charge in [0.05, 0.1) is 19.9 Å². The lowest BCUT2D eigenvalue weighted by Gasteiger charge is -2.12. The van der Waals surface area contributed by atoms with Gasteiger partial charge in [0.1, 0.15) is 11.5 Å². The third kappa shape index (κ3) is 2.74. The topological polar surface area (TPSA) is 30.5 Å². The summed E-state index contributed by atoms with van der Waals surface area (Å²) in [6.07, 6.45) is 0. The number of rotatable bonds is 4. The van der Waals surface area contributed by atoms with Gasteiger partial charge >= 0.3 is 0 Å². The van der Waals surface area contributed by atoms with Gasteiger partial charge in [-0.2, -0.15) is 0 Å². The zero-order valence-corrected chi connectivity index (χ0v) is 10.9. The molecule has 0 saturated heterocycles. The van der Waals surface area contributed by atoms with Crippen molar-refractivity contribution in [2.75, 3.05) is 19.5 Å². The second-order valence-electron chi connectivity index (χ2n) is 4.06. The van der Waals surface area contributed by atoms with E-state index in [0.29, 0.717) is 0 Å². The lowest BCUT2D eigenvalue weighted by atomic mass is 10.2. The zero-order valence-electron chi connectivity index (χ0n) is 10.9. The lowest BCUT2D eigenvalue weighted by molar-refractivity contribution is 0.395. The molecule has 0 aliphatic carbocycles. The fourth-order valence-corrected chi connectivity index (χ4v) is 1.78. The van der Waals surface area contributed by atoms with Crippen molar-refractivity contribution < 1.29 is 9.47 Å². The standard InChI is InChI=1S/C15H17NO2/c1-11-5-4-6-12(9-11)16-14-8-7-13(17-2)10-15(14)18-3/h4-10,16H,1-3H3. The Labute approximate surface area is 107 Å². The first-order valence-corrected chi connectivity index (χ1v) is 5.78. The summed E-state index contributed by atoms with van der Waals surface area (Å²) in [4.78, 5) is 0. The van der Waals surface area contributed by atoms with E-state index in [1.54, 1.807) is 14.2 Å². The number of ether oxygens (including phenoxy) is 2. The second kappa shape index (κ2) is 5.45. The van der Waals surface area contributed by atoms with Crippen LogP contribution in [-0.4, -0.2) is 14.2 Å². The minimum Gasteiger partial charge on any atom is -0.497 e. The number of methoxy groups -OCH3 is 2. The van der Waals surface area contributed by atoms with Crippen LogP contribution in [-0.2, 0) is 0 Å². The summed E-state index contributed by atoms with van der Waals surface area (Å²) in [5, 5.41) is 3.34. The van der Waals surface area contributed by atoms with Gasteiger partial charge in [-0.05, 0) is 36.8 Å². The largest absolute Gasteiger partial charge is 0.497 e. The van der Waals surface area contributed by atoms with Gasteiger partial charge in [-0.3, -0.25) is 0 Å². The minimum atomic E-state index is 0.760. The molecule has 0 spiro atoms. The SMILES string of the molecule is COc1ccc(Nc2cccc(C)c2)c(OC)c1. The number of aryl methyl sites for hydroxylation is 1. The van der Waals surface area contributed by atoms with Crippen LogP contribution in [0.3, 0.4) is 0 Å². The molecule has 18 heavy (non-hydrogen) atoms. The van der Waals surface area contributed by atoms with Crippen LogP contribution < -0.4 is 14.8 Å². The Morgan fingerprint density at radius 1 is 0.944 bits per heavy atom. The van der Waals surface area contributed by atoms with Gasteiger partial charge < -0.3 is 14.8 Å². The Morgan fingerprint density at radius 3 is 2.44 bits per heavy atom. The third-order valence-corrected chi connectivity index (χ3v) is 2.71. The van der Waals surface area contributed by atoms with E-state index in [1.165, 1.54) is 5.56 Å². The van der Waals surface area contributed by atoms with Crippen LogP contribution in [0.4, 0.5) is 11.4 Å². The molecule has 2 aromatic rings. The Hall–Kier alpha value is -2.16. The Morgan fingerprint density at radius 2 is 1.78 bits per heavy atom. The molecular formula is C15H17NO2. The molecule has 0 atom stereocenters. The van der Waals surface area contributed by atoms with Crippen molar-refractivity contribution in [3.63, 3.8) is 0 Å². The highest BCUT2D eigenvalue weighted by molar-refractivity contribution is 5.67. The van der Waals surface area contributed by atoms with Crippen molar-refractivity contribution in [1.29, 1.82) is 0 Å². The molecule has 2 rings (SSSR count). The van der Waals surface area contributed by atoms with E-state index in [2.05, 4.69) is 24.4 Å². The summed E-state index contributed by atoms with van der Waals surface area (Å²) in [5.41, 5.74) is 3.18. The molecule has 0 aliphatic rings. The van der Waals surface area contributed by atoms with Crippen LogP contribution in [0.25, 0.3) is 0 Å². The van der Waals surface area contributed by atoms with Crippen LogP contribution >= 0.6 is 0 Å². The van der Waals surface area contributed by atoms with Crippen molar-refractivity contribution >= 4 is 11.4 Å². The monoisotopic (exact) mass is 243 g/mol. The van der Waals surface area contributed by atoms with Crippen LogP contribution in [0, 0.1) is 6.92 Å². The van der Waals surface area contributed by atoms with E-state index in [1.807, 2.05) is 30.3 Å². The maximum absolute atomic E-state index is 5.35. The molecule has 0 aliphatic heterocycles. The number of benzene rings is 2. The van der Waals surface area contributed by atoms with Gasteiger partial charge in [-0.1, -0.05) is 12.1 Å². The van der Waals surface area contributed by atoms with Gasteiger partial charge in [0.2, 0.25) is 0 Å². The first-order valence-electron chi connectivity index (χ1n) is 5.78. The van der Waals surface area contributed by atoms with Gasteiger partial charge in [0.15, 0.2) is 0 Å². The number of hydrogen-bond donors (Lipinski definition) is 1. The van der Waals surface area contributed by atoms with Crippen molar-refractivity contribution in [1.82, 2.24) is 0 Å². The summed E-state index contributed by atoms with van der Waals surface area (Å²) in [7, 11) is 3.29. The molecule has 0 aromatic heterocycles. The van der Waals surface area contributed by atoms with Crippen molar-refractivity contribution in [3.8, 4) is 11.5 Å². The van der Waals surface area contributed by atoms with E-state index in [4.69, 9.17) is 9.47 Å². The molecule has 3 nitrogen and oxygen atoms in total. The molecule has 2 aromatic carbocycles. The fraction of sp³-hybridized carbons (Fsp3) is 0.200. The van der Waals surface area contributed by atoms with E-state index < -0.39 is 0 Å². The second-order valence-corrected chi connectivity index (χ2v) is 4.06. The summed E-state index contributed by atoms with van der Waals surface area (Å²) in [5.74, 6) is 1.54. The molecule has 0 saturated carbocycles. The summed E-state index contributed by atoms with van der Waals surface area (Å²) >= 11 is 0. The summed E-state index contributed by atoms with van der Waals surface area (Å²) < 4.78 is 10.5. The van der Waals surface area contributed by atoms with E-state index >= 15 is 0 Å². The average molecular weight is 243 g/mol.